The van der Waals surface area contributed by atoms with Gasteiger partial charge in [-0.05, 0) is 13.3 Å². The topological polar surface area (TPSA) is 66.4 Å². The third-order valence-corrected chi connectivity index (χ3v) is 5.20. The maximum Gasteiger partial charge on any atom is 0.211 e. The molecular formula is C9H16N4O2S2. The van der Waals surface area contributed by atoms with Gasteiger partial charge in [-0.25, -0.2) is 17.7 Å². The van der Waals surface area contributed by atoms with Crippen molar-refractivity contribution in [3.8, 4) is 0 Å². The molecule has 1 unspecified atom stereocenters. The van der Waals surface area contributed by atoms with Gasteiger partial charge in [-0.2, -0.15) is 4.37 Å². The summed E-state index contributed by atoms with van der Waals surface area (Å²) >= 11 is 1.36. The summed E-state index contributed by atoms with van der Waals surface area (Å²) < 4.78 is 28.5. The van der Waals surface area contributed by atoms with E-state index < -0.39 is 10.0 Å². The average Bonchev–Trinajstić information content (AvgIpc) is 2.83. The molecule has 96 valence electrons. The number of likely N-dealkylation sites (N-methyl/N-ethyl adjacent to an activating group) is 1. The molecule has 1 aliphatic heterocycles. The first kappa shape index (κ1) is 12.7. The summed E-state index contributed by atoms with van der Waals surface area (Å²) in [5, 5.41) is 0.881. The third-order valence-electron chi connectivity index (χ3n) is 2.99. The number of hydrogen-bond acceptors (Lipinski definition) is 6. The molecule has 0 spiro atoms. The Kier molecular flexibility index (Phi) is 3.37. The molecule has 1 aliphatic rings. The SMILES string of the molecule is Cc1nsc(N2CCC(N(C)S(C)(=O)=O)C2)n1. The second kappa shape index (κ2) is 4.51. The number of nitrogens with zero attached hydrogens (tertiary/aromatic N) is 4. The van der Waals surface area contributed by atoms with Crippen molar-refractivity contribution < 1.29 is 8.42 Å². The van der Waals surface area contributed by atoms with Crippen LogP contribution in [0, 0.1) is 6.92 Å². The van der Waals surface area contributed by atoms with Gasteiger partial charge in [0.2, 0.25) is 15.2 Å². The highest BCUT2D eigenvalue weighted by atomic mass is 32.2. The standard InChI is InChI=1S/C9H16N4O2S2/c1-7-10-9(16-11-7)13-5-4-8(6-13)12(2)17(3,14)15/h8H,4-6H2,1-3H3. The zero-order chi connectivity index (χ0) is 12.6. The van der Waals surface area contributed by atoms with Crippen LogP contribution in [0.2, 0.25) is 0 Å². The van der Waals surface area contributed by atoms with Gasteiger partial charge in [0, 0.05) is 37.7 Å². The Balaban J connectivity index is 2.05. The van der Waals surface area contributed by atoms with E-state index in [-0.39, 0.29) is 6.04 Å². The van der Waals surface area contributed by atoms with Gasteiger partial charge in [0.1, 0.15) is 5.82 Å². The summed E-state index contributed by atoms with van der Waals surface area (Å²) in [7, 11) is -1.48. The minimum Gasteiger partial charge on any atom is -0.345 e. The highest BCUT2D eigenvalue weighted by molar-refractivity contribution is 7.88. The Labute approximate surface area is 105 Å². The van der Waals surface area contributed by atoms with E-state index in [1.54, 1.807) is 7.05 Å². The Morgan fingerprint density at radius 2 is 2.24 bits per heavy atom. The number of anilines is 1. The van der Waals surface area contributed by atoms with E-state index in [1.807, 2.05) is 6.92 Å². The summed E-state index contributed by atoms with van der Waals surface area (Å²) in [6.07, 6.45) is 2.08. The monoisotopic (exact) mass is 276 g/mol. The molecule has 8 heteroatoms. The maximum absolute atomic E-state index is 11.4. The fourth-order valence-electron chi connectivity index (χ4n) is 1.90. The first-order chi connectivity index (χ1) is 7.88. The summed E-state index contributed by atoms with van der Waals surface area (Å²) in [6, 6.07) is 0.0363. The minimum atomic E-state index is -3.11. The average molecular weight is 276 g/mol. The first-order valence-corrected chi connectivity index (χ1v) is 7.98. The lowest BCUT2D eigenvalue weighted by Gasteiger charge is -2.22. The van der Waals surface area contributed by atoms with Crippen LogP contribution in [-0.4, -0.2) is 54.5 Å². The molecule has 0 saturated carbocycles. The number of aryl methyl sites for hydroxylation is 1. The molecule has 1 saturated heterocycles. The third kappa shape index (κ3) is 2.75. The van der Waals surface area contributed by atoms with Crippen molar-refractivity contribution in [3.63, 3.8) is 0 Å². The molecule has 6 nitrogen and oxygen atoms in total. The molecule has 17 heavy (non-hydrogen) atoms. The zero-order valence-corrected chi connectivity index (χ0v) is 11.8. The summed E-state index contributed by atoms with van der Waals surface area (Å²) in [5.74, 6) is 0.768. The number of hydrogen-bond donors (Lipinski definition) is 0. The van der Waals surface area contributed by atoms with Gasteiger partial charge in [-0.1, -0.05) is 0 Å². The molecule has 1 fully saturated rings. The van der Waals surface area contributed by atoms with Crippen molar-refractivity contribution in [1.82, 2.24) is 13.7 Å². The van der Waals surface area contributed by atoms with Gasteiger partial charge in [-0.3, -0.25) is 0 Å². The molecule has 0 N–H and O–H groups in total. The van der Waals surface area contributed by atoms with Crippen molar-refractivity contribution in [2.45, 2.75) is 19.4 Å². The molecule has 0 aromatic carbocycles. The Morgan fingerprint density at radius 1 is 1.53 bits per heavy atom. The van der Waals surface area contributed by atoms with Crippen molar-refractivity contribution in [3.05, 3.63) is 5.82 Å². The van der Waals surface area contributed by atoms with Gasteiger partial charge >= 0.3 is 0 Å². The van der Waals surface area contributed by atoms with E-state index in [0.717, 1.165) is 23.9 Å². The van der Waals surface area contributed by atoms with Crippen LogP contribution in [0.15, 0.2) is 0 Å². The van der Waals surface area contributed by atoms with E-state index in [9.17, 15) is 8.42 Å². The molecule has 1 aromatic rings. The Hall–Kier alpha value is -0.730. The Bertz CT molecular complexity index is 499. The highest BCUT2D eigenvalue weighted by Crippen LogP contribution is 2.24. The number of rotatable bonds is 3. The Morgan fingerprint density at radius 3 is 2.76 bits per heavy atom. The van der Waals surface area contributed by atoms with Crippen molar-refractivity contribution in [1.29, 1.82) is 0 Å². The molecule has 1 atom stereocenters. The zero-order valence-electron chi connectivity index (χ0n) is 10.1. The molecule has 2 heterocycles. The second-order valence-corrected chi connectivity index (χ2v) is 7.06. The van der Waals surface area contributed by atoms with Crippen LogP contribution in [0.25, 0.3) is 0 Å². The summed E-state index contributed by atoms with van der Waals surface area (Å²) in [6.45, 7) is 3.38. The van der Waals surface area contributed by atoms with Crippen LogP contribution in [0.5, 0.6) is 0 Å². The molecule has 0 radical (unpaired) electrons. The smallest absolute Gasteiger partial charge is 0.211 e. The van der Waals surface area contributed by atoms with E-state index in [0.29, 0.717) is 6.54 Å². The fourth-order valence-corrected chi connectivity index (χ4v) is 3.32. The van der Waals surface area contributed by atoms with E-state index >= 15 is 0 Å². The maximum atomic E-state index is 11.4. The predicted octanol–water partition coefficient (Wildman–Crippen LogP) is 0.317. The van der Waals surface area contributed by atoms with E-state index in [1.165, 1.54) is 22.1 Å². The molecule has 0 amide bonds. The minimum absolute atomic E-state index is 0.0363. The van der Waals surface area contributed by atoms with Crippen LogP contribution in [0.4, 0.5) is 5.13 Å². The van der Waals surface area contributed by atoms with E-state index in [2.05, 4.69) is 14.3 Å². The predicted molar refractivity (Wildman–Crippen MR) is 67.9 cm³/mol. The summed E-state index contributed by atoms with van der Waals surface area (Å²) in [5.41, 5.74) is 0. The van der Waals surface area contributed by atoms with Crippen LogP contribution < -0.4 is 4.90 Å². The lowest BCUT2D eigenvalue weighted by Crippen LogP contribution is -2.38. The molecule has 2 rings (SSSR count). The van der Waals surface area contributed by atoms with Crippen molar-refractivity contribution >= 4 is 26.7 Å². The molecule has 0 bridgehead atoms. The van der Waals surface area contributed by atoms with E-state index in [4.69, 9.17) is 0 Å². The normalized spacial score (nSPS) is 21.4. The number of aromatic nitrogens is 2. The fraction of sp³-hybridized carbons (Fsp3) is 0.778. The van der Waals surface area contributed by atoms with Crippen molar-refractivity contribution in [2.24, 2.45) is 0 Å². The second-order valence-electron chi connectivity index (χ2n) is 4.29. The molecular weight excluding hydrogens is 260 g/mol. The van der Waals surface area contributed by atoms with Gasteiger partial charge in [0.25, 0.3) is 0 Å². The lowest BCUT2D eigenvalue weighted by atomic mass is 10.3. The highest BCUT2D eigenvalue weighted by Gasteiger charge is 2.31. The molecule has 0 aliphatic carbocycles. The molecule has 1 aromatic heterocycles. The van der Waals surface area contributed by atoms with Gasteiger partial charge < -0.3 is 4.90 Å². The van der Waals surface area contributed by atoms with Crippen LogP contribution >= 0.6 is 11.5 Å². The first-order valence-electron chi connectivity index (χ1n) is 5.36. The van der Waals surface area contributed by atoms with Crippen LogP contribution in [0.1, 0.15) is 12.2 Å². The quantitative estimate of drug-likeness (QED) is 0.795. The largest absolute Gasteiger partial charge is 0.345 e. The lowest BCUT2D eigenvalue weighted by molar-refractivity contribution is 0.393. The van der Waals surface area contributed by atoms with Crippen LogP contribution in [-0.2, 0) is 10.0 Å². The van der Waals surface area contributed by atoms with Gasteiger partial charge in [0.05, 0.1) is 6.26 Å². The van der Waals surface area contributed by atoms with Gasteiger partial charge in [0.15, 0.2) is 0 Å². The van der Waals surface area contributed by atoms with Crippen molar-refractivity contribution in [2.75, 3.05) is 31.3 Å². The van der Waals surface area contributed by atoms with Gasteiger partial charge in [-0.15, -0.1) is 0 Å². The van der Waals surface area contributed by atoms with Crippen LogP contribution in [0.3, 0.4) is 0 Å². The number of sulfonamides is 1. The summed E-state index contributed by atoms with van der Waals surface area (Å²) in [4.78, 5) is 6.41.